The van der Waals surface area contributed by atoms with Crippen molar-refractivity contribution < 1.29 is 14.3 Å². The van der Waals surface area contributed by atoms with Gasteiger partial charge in [-0.2, -0.15) is 5.10 Å². The maximum absolute atomic E-state index is 13.1. The van der Waals surface area contributed by atoms with Crippen LogP contribution < -0.4 is 5.32 Å². The van der Waals surface area contributed by atoms with E-state index in [9.17, 15) is 14.3 Å². The van der Waals surface area contributed by atoms with E-state index in [0.717, 1.165) is 5.82 Å². The third-order valence-electron chi connectivity index (χ3n) is 3.22. The Kier molecular flexibility index (Phi) is 5.40. The third kappa shape index (κ3) is 4.22. The highest BCUT2D eigenvalue weighted by atomic mass is 32.1. The summed E-state index contributed by atoms with van der Waals surface area (Å²) in [6.07, 6.45) is -1.16. The Morgan fingerprint density at radius 3 is 3.00 bits per heavy atom. The molecule has 1 atom stereocenters. The van der Waals surface area contributed by atoms with E-state index < -0.39 is 11.9 Å². The van der Waals surface area contributed by atoms with Gasteiger partial charge in [-0.1, -0.05) is 12.1 Å². The SMILES string of the molecule is Cc1n[nH]c(=S)n1CCNC(=O)C[C@@H](O)c1cccc(F)c1. The van der Waals surface area contributed by atoms with Crippen LogP contribution in [0.25, 0.3) is 0 Å². The highest BCUT2D eigenvalue weighted by molar-refractivity contribution is 7.71. The largest absolute Gasteiger partial charge is 0.388 e. The number of rotatable bonds is 6. The van der Waals surface area contributed by atoms with Crippen molar-refractivity contribution in [2.24, 2.45) is 0 Å². The molecule has 0 aliphatic rings. The van der Waals surface area contributed by atoms with Crippen LogP contribution in [0.15, 0.2) is 24.3 Å². The minimum absolute atomic E-state index is 0.126. The van der Waals surface area contributed by atoms with E-state index in [1.54, 1.807) is 10.6 Å². The molecule has 0 aliphatic carbocycles. The van der Waals surface area contributed by atoms with Crippen molar-refractivity contribution in [1.82, 2.24) is 20.1 Å². The number of H-pyrrole nitrogens is 1. The number of nitrogens with zero attached hydrogens (tertiary/aromatic N) is 2. The summed E-state index contributed by atoms with van der Waals surface area (Å²) in [7, 11) is 0. The molecule has 0 unspecified atom stereocenters. The first-order valence-electron chi connectivity index (χ1n) is 6.79. The molecular weight excluding hydrogens is 307 g/mol. The number of amides is 1. The van der Waals surface area contributed by atoms with Crippen molar-refractivity contribution in [2.45, 2.75) is 26.0 Å². The Morgan fingerprint density at radius 2 is 2.36 bits per heavy atom. The van der Waals surface area contributed by atoms with Gasteiger partial charge < -0.3 is 15.0 Å². The van der Waals surface area contributed by atoms with Crippen LogP contribution in [0.5, 0.6) is 0 Å². The van der Waals surface area contributed by atoms with Gasteiger partial charge in [0.05, 0.1) is 12.5 Å². The summed E-state index contributed by atoms with van der Waals surface area (Å²) in [5.41, 5.74) is 0.378. The molecule has 2 aromatic rings. The molecule has 1 aromatic heterocycles. The van der Waals surface area contributed by atoms with Crippen molar-refractivity contribution in [2.75, 3.05) is 6.54 Å². The van der Waals surface area contributed by atoms with Gasteiger partial charge in [0.2, 0.25) is 5.91 Å². The zero-order chi connectivity index (χ0) is 16.1. The maximum Gasteiger partial charge on any atom is 0.223 e. The minimum atomic E-state index is -1.03. The smallest absolute Gasteiger partial charge is 0.223 e. The van der Waals surface area contributed by atoms with Gasteiger partial charge in [0.1, 0.15) is 11.6 Å². The first-order valence-corrected chi connectivity index (χ1v) is 7.20. The molecule has 1 aromatic carbocycles. The lowest BCUT2D eigenvalue weighted by Gasteiger charge is -2.12. The number of carbonyl (C=O) groups excluding carboxylic acids is 1. The van der Waals surface area contributed by atoms with Gasteiger partial charge in [-0.05, 0) is 36.8 Å². The number of aliphatic hydroxyl groups is 1. The van der Waals surface area contributed by atoms with Crippen molar-refractivity contribution in [1.29, 1.82) is 0 Å². The Bertz CT molecular complexity index is 713. The molecular formula is C14H17FN4O2S. The quantitative estimate of drug-likeness (QED) is 0.705. The second-order valence-electron chi connectivity index (χ2n) is 4.85. The van der Waals surface area contributed by atoms with Crippen LogP contribution in [0, 0.1) is 17.5 Å². The Balaban J connectivity index is 1.82. The van der Waals surface area contributed by atoms with Crippen LogP contribution in [0.1, 0.15) is 23.9 Å². The van der Waals surface area contributed by atoms with Crippen LogP contribution in [-0.2, 0) is 11.3 Å². The molecule has 6 nitrogen and oxygen atoms in total. The summed E-state index contributed by atoms with van der Waals surface area (Å²) in [5.74, 6) is -0.0229. The zero-order valence-electron chi connectivity index (χ0n) is 12.0. The normalized spacial score (nSPS) is 12.1. The first-order chi connectivity index (χ1) is 10.5. The topological polar surface area (TPSA) is 82.9 Å². The monoisotopic (exact) mass is 324 g/mol. The molecule has 1 heterocycles. The summed E-state index contributed by atoms with van der Waals surface area (Å²) < 4.78 is 15.3. The fourth-order valence-corrected chi connectivity index (χ4v) is 2.32. The van der Waals surface area contributed by atoms with Crippen LogP contribution in [0.2, 0.25) is 0 Å². The predicted molar refractivity (Wildman–Crippen MR) is 81.1 cm³/mol. The molecule has 0 saturated carbocycles. The van der Waals surface area contributed by atoms with Crippen LogP contribution in [-0.4, -0.2) is 32.3 Å². The average molecular weight is 324 g/mol. The molecule has 118 valence electrons. The second-order valence-corrected chi connectivity index (χ2v) is 5.24. The third-order valence-corrected chi connectivity index (χ3v) is 3.53. The molecule has 0 saturated heterocycles. The second kappa shape index (κ2) is 7.28. The molecule has 0 spiro atoms. The van der Waals surface area contributed by atoms with Gasteiger partial charge in [0.15, 0.2) is 4.77 Å². The van der Waals surface area contributed by atoms with Gasteiger partial charge in [-0.25, -0.2) is 4.39 Å². The number of aromatic nitrogens is 3. The van der Waals surface area contributed by atoms with Gasteiger partial charge in [0, 0.05) is 13.1 Å². The molecule has 0 radical (unpaired) electrons. The molecule has 1 amide bonds. The van der Waals surface area contributed by atoms with Gasteiger partial charge in [-0.15, -0.1) is 0 Å². The molecule has 0 bridgehead atoms. The summed E-state index contributed by atoms with van der Waals surface area (Å²) in [4.78, 5) is 11.8. The van der Waals surface area contributed by atoms with Crippen molar-refractivity contribution in [3.05, 3.63) is 46.2 Å². The van der Waals surface area contributed by atoms with Crippen LogP contribution >= 0.6 is 12.2 Å². The van der Waals surface area contributed by atoms with Gasteiger partial charge in [-0.3, -0.25) is 9.89 Å². The van der Waals surface area contributed by atoms with E-state index in [4.69, 9.17) is 12.2 Å². The molecule has 22 heavy (non-hydrogen) atoms. The van der Waals surface area contributed by atoms with E-state index in [1.165, 1.54) is 18.2 Å². The summed E-state index contributed by atoms with van der Waals surface area (Å²) in [6, 6.07) is 5.57. The summed E-state index contributed by atoms with van der Waals surface area (Å²) in [5, 5.41) is 19.2. The van der Waals surface area contributed by atoms with E-state index in [0.29, 0.717) is 23.4 Å². The Morgan fingerprint density at radius 1 is 1.59 bits per heavy atom. The van der Waals surface area contributed by atoms with Crippen molar-refractivity contribution in [3.63, 3.8) is 0 Å². The van der Waals surface area contributed by atoms with Crippen LogP contribution in [0.4, 0.5) is 4.39 Å². The van der Waals surface area contributed by atoms with E-state index in [1.807, 2.05) is 6.92 Å². The van der Waals surface area contributed by atoms with E-state index in [2.05, 4.69) is 15.5 Å². The van der Waals surface area contributed by atoms with E-state index >= 15 is 0 Å². The zero-order valence-corrected chi connectivity index (χ0v) is 12.9. The number of benzene rings is 1. The Labute approximate surface area is 132 Å². The van der Waals surface area contributed by atoms with E-state index in [-0.39, 0.29) is 12.3 Å². The number of carbonyl (C=O) groups is 1. The molecule has 3 N–H and O–H groups in total. The molecule has 0 aliphatic heterocycles. The highest BCUT2D eigenvalue weighted by Gasteiger charge is 2.13. The van der Waals surface area contributed by atoms with Crippen molar-refractivity contribution >= 4 is 18.1 Å². The minimum Gasteiger partial charge on any atom is -0.388 e. The summed E-state index contributed by atoms with van der Waals surface area (Å²) >= 11 is 5.05. The van der Waals surface area contributed by atoms with Gasteiger partial charge >= 0.3 is 0 Å². The predicted octanol–water partition coefficient (Wildman–Crippen LogP) is 1.63. The Hall–Kier alpha value is -2.06. The maximum atomic E-state index is 13.1. The number of aryl methyl sites for hydroxylation is 1. The lowest BCUT2D eigenvalue weighted by atomic mass is 10.1. The fraction of sp³-hybridized carbons (Fsp3) is 0.357. The van der Waals surface area contributed by atoms with Gasteiger partial charge in [0.25, 0.3) is 0 Å². The lowest BCUT2D eigenvalue weighted by Crippen LogP contribution is -2.28. The molecule has 0 fully saturated rings. The van der Waals surface area contributed by atoms with Crippen molar-refractivity contribution in [3.8, 4) is 0 Å². The first kappa shape index (κ1) is 16.3. The number of aliphatic hydroxyl groups excluding tert-OH is 1. The summed E-state index contributed by atoms with van der Waals surface area (Å²) in [6.45, 7) is 2.66. The lowest BCUT2D eigenvalue weighted by molar-refractivity contribution is -0.123. The number of nitrogens with one attached hydrogen (secondary N) is 2. The number of aromatic amines is 1. The standard InChI is InChI=1S/C14H17FN4O2S/c1-9-17-18-14(22)19(9)6-5-16-13(21)8-12(20)10-3-2-4-11(15)7-10/h2-4,7,12,20H,5-6,8H2,1H3,(H,16,21)(H,18,22)/t12-/m1/s1. The number of hydrogen-bond acceptors (Lipinski definition) is 4. The molecule has 8 heteroatoms. The van der Waals surface area contributed by atoms with Crippen LogP contribution in [0.3, 0.4) is 0 Å². The number of halogens is 1. The molecule has 2 rings (SSSR count). The number of hydrogen-bond donors (Lipinski definition) is 3. The average Bonchev–Trinajstić information content (AvgIpc) is 2.79. The fourth-order valence-electron chi connectivity index (χ4n) is 2.05. The highest BCUT2D eigenvalue weighted by Crippen LogP contribution is 2.17.